The van der Waals surface area contributed by atoms with Crippen LogP contribution in [0.2, 0.25) is 5.02 Å². The molecule has 0 bridgehead atoms. The van der Waals surface area contributed by atoms with Gasteiger partial charge < -0.3 is 15.2 Å². The van der Waals surface area contributed by atoms with Gasteiger partial charge in [0, 0.05) is 40.8 Å². The quantitative estimate of drug-likeness (QED) is 0.200. The Balaban J connectivity index is 1.94. The van der Waals surface area contributed by atoms with E-state index in [1.165, 1.54) is 16.8 Å². The highest BCUT2D eigenvalue weighted by Gasteiger charge is 2.47. The van der Waals surface area contributed by atoms with E-state index in [1.54, 1.807) is 6.92 Å². The third-order valence-corrected chi connectivity index (χ3v) is 8.29. The monoisotopic (exact) mass is 658 g/mol. The van der Waals surface area contributed by atoms with Crippen molar-refractivity contribution in [1.29, 1.82) is 0 Å². The van der Waals surface area contributed by atoms with Crippen LogP contribution in [0.3, 0.4) is 0 Å². The fourth-order valence-corrected chi connectivity index (χ4v) is 5.77. The van der Waals surface area contributed by atoms with Crippen LogP contribution in [-0.4, -0.2) is 51.8 Å². The molecule has 0 aliphatic heterocycles. The molecule has 3 rings (SSSR count). The average Bonchev–Trinajstić information content (AvgIpc) is 3.19. The summed E-state index contributed by atoms with van der Waals surface area (Å²) in [7, 11) is 0. The molecule has 1 aromatic carbocycles. The van der Waals surface area contributed by atoms with Crippen LogP contribution < -0.4 is 14.4 Å². The molecule has 1 aliphatic carbocycles. The van der Waals surface area contributed by atoms with E-state index in [1.807, 2.05) is 0 Å². The van der Waals surface area contributed by atoms with Gasteiger partial charge in [-0.3, -0.25) is 9.48 Å². The predicted octanol–water partition coefficient (Wildman–Crippen LogP) is 6.50. The Morgan fingerprint density at radius 1 is 1.35 bits per heavy atom. The lowest BCUT2D eigenvalue weighted by Gasteiger charge is -2.41. The Morgan fingerprint density at radius 2 is 2.02 bits per heavy atom. The number of alkyl halides is 5. The van der Waals surface area contributed by atoms with E-state index in [0.717, 1.165) is 26.3 Å². The van der Waals surface area contributed by atoms with Crippen LogP contribution in [0.5, 0.6) is 5.75 Å². The van der Waals surface area contributed by atoms with Gasteiger partial charge in [0.1, 0.15) is 5.75 Å². The number of ether oxygens (including phenoxy) is 1. The van der Waals surface area contributed by atoms with Crippen LogP contribution in [0.4, 0.5) is 22.0 Å². The number of nitrogens with zero attached hydrogens (tertiary/aromatic N) is 2. The van der Waals surface area contributed by atoms with Crippen molar-refractivity contribution in [3.8, 4) is 17.0 Å². The molecule has 0 saturated heterocycles. The number of carbonyl (C=O) groups is 1. The van der Waals surface area contributed by atoms with E-state index >= 15 is 0 Å². The van der Waals surface area contributed by atoms with E-state index in [0.29, 0.717) is 18.8 Å². The number of rotatable bonds is 10. The molecule has 14 heteroatoms. The first-order chi connectivity index (χ1) is 18.5. The van der Waals surface area contributed by atoms with Crippen LogP contribution >= 0.6 is 27.7 Å². The van der Waals surface area contributed by atoms with Gasteiger partial charge in [-0.1, -0.05) is 38.4 Å². The molecule has 2 aromatic rings. The number of carbonyl (C=O) groups excluding carboxylic acids is 1. The third kappa shape index (κ3) is 7.08. The molecule has 0 spiro atoms. The van der Waals surface area contributed by atoms with Gasteiger partial charge in [-0.15, -0.1) is 0 Å². The molecule has 1 fully saturated rings. The summed E-state index contributed by atoms with van der Waals surface area (Å²) in [5.41, 5.74) is -3.28. The number of halogens is 7. The number of aromatic nitrogens is 2. The number of nitrogens with one attached hydrogen (secondary N) is 2. The van der Waals surface area contributed by atoms with Crippen molar-refractivity contribution in [2.24, 2.45) is 11.3 Å². The molecule has 1 saturated carbocycles. The van der Waals surface area contributed by atoms with Gasteiger partial charge >= 0.3 is 12.8 Å². The lowest BCUT2D eigenvalue weighted by Crippen LogP contribution is -2.57. The van der Waals surface area contributed by atoms with Crippen molar-refractivity contribution in [2.45, 2.75) is 84.4 Å². The first kappa shape index (κ1) is 32.6. The van der Waals surface area contributed by atoms with E-state index in [9.17, 15) is 31.9 Å². The van der Waals surface area contributed by atoms with Crippen molar-refractivity contribution >= 4 is 33.7 Å². The smallest absolute Gasteiger partial charge is 0.394 e. The summed E-state index contributed by atoms with van der Waals surface area (Å²) in [6, 6.07) is 3.50. The number of aryl methyl sites for hydroxylation is 1. The minimum Gasteiger partial charge on any atom is -0.434 e. The summed E-state index contributed by atoms with van der Waals surface area (Å²) in [5.74, 6) is -0.691. The maximum atomic E-state index is 13.4. The van der Waals surface area contributed by atoms with E-state index < -0.39 is 41.9 Å². The lowest BCUT2D eigenvalue weighted by atomic mass is 9.76. The lowest BCUT2D eigenvalue weighted by molar-refractivity contribution is -0.211. The highest BCUT2D eigenvalue weighted by atomic mass is 79.9. The van der Waals surface area contributed by atoms with Crippen LogP contribution in [-0.2, 0) is 13.0 Å². The topological polar surface area (TPSA) is 88.4 Å². The van der Waals surface area contributed by atoms with Crippen molar-refractivity contribution in [3.05, 3.63) is 34.5 Å². The maximum absolute atomic E-state index is 13.4. The number of amides is 1. The maximum Gasteiger partial charge on any atom is 0.394 e. The molecule has 3 N–H and O–H groups in total. The summed E-state index contributed by atoms with van der Waals surface area (Å²) in [5, 5.41) is 17.9. The van der Waals surface area contributed by atoms with Crippen molar-refractivity contribution < 1.29 is 36.6 Å². The number of benzene rings is 1. The Kier molecular flexibility index (Phi) is 10.2. The minimum atomic E-state index is -4.52. The zero-order chi connectivity index (χ0) is 30.0. The fraction of sp³-hybridized carbons (Fsp3) is 0.615. The second-order valence-electron chi connectivity index (χ2n) is 10.9. The summed E-state index contributed by atoms with van der Waals surface area (Å²) in [4.78, 5) is 13.1. The summed E-state index contributed by atoms with van der Waals surface area (Å²) in [6.45, 7) is 2.64. The molecule has 224 valence electrons. The Hall–Kier alpha value is -1.96. The molecule has 0 radical (unpaired) electrons. The second kappa shape index (κ2) is 12.5. The molecule has 1 unspecified atom stereocenters. The zero-order valence-corrected chi connectivity index (χ0v) is 24.9. The average molecular weight is 660 g/mol. The van der Waals surface area contributed by atoms with Crippen molar-refractivity contribution in [3.63, 3.8) is 0 Å². The minimum absolute atomic E-state index is 0.0377. The highest BCUT2D eigenvalue weighted by Crippen LogP contribution is 2.43. The van der Waals surface area contributed by atoms with E-state index in [2.05, 4.69) is 42.6 Å². The van der Waals surface area contributed by atoms with Crippen molar-refractivity contribution in [1.82, 2.24) is 19.4 Å². The van der Waals surface area contributed by atoms with Crippen molar-refractivity contribution in [2.75, 3.05) is 6.54 Å². The number of aliphatic hydroxyl groups is 1. The second-order valence-corrected chi connectivity index (χ2v) is 11.8. The molecule has 1 heterocycles. The first-order valence-electron chi connectivity index (χ1n) is 12.8. The molecule has 1 aromatic heterocycles. The Labute approximate surface area is 243 Å². The number of hydrogen-bond acceptors (Lipinski definition) is 5. The van der Waals surface area contributed by atoms with Crippen LogP contribution in [0, 0.1) is 11.3 Å². The molecule has 1 aliphatic rings. The molecule has 3 atom stereocenters. The van der Waals surface area contributed by atoms with E-state index in [-0.39, 0.29) is 46.7 Å². The first-order valence-corrected chi connectivity index (χ1v) is 14.0. The third-order valence-electron chi connectivity index (χ3n) is 7.38. The van der Waals surface area contributed by atoms with Gasteiger partial charge in [-0.2, -0.15) is 27.1 Å². The van der Waals surface area contributed by atoms with Crippen LogP contribution in [0.1, 0.15) is 63.0 Å². The van der Waals surface area contributed by atoms with E-state index in [4.69, 9.17) is 11.6 Å². The van der Waals surface area contributed by atoms with Crippen LogP contribution in [0.25, 0.3) is 11.3 Å². The van der Waals surface area contributed by atoms with Gasteiger partial charge in [-0.05, 0) is 56.2 Å². The largest absolute Gasteiger partial charge is 0.434 e. The Morgan fingerprint density at radius 3 is 2.60 bits per heavy atom. The fourth-order valence-electron chi connectivity index (χ4n) is 4.83. The number of hydrogen-bond donors (Lipinski definition) is 3. The van der Waals surface area contributed by atoms with Gasteiger partial charge in [-0.25, -0.2) is 4.34 Å². The molecular formula is C26H33BrClF5N4O3. The Bertz CT molecular complexity index is 1210. The van der Waals surface area contributed by atoms with Gasteiger partial charge in [0.15, 0.2) is 5.69 Å². The summed E-state index contributed by atoms with van der Waals surface area (Å²) >= 11 is 9.76. The highest BCUT2D eigenvalue weighted by molar-refractivity contribution is 9.08. The van der Waals surface area contributed by atoms with Crippen LogP contribution in [0.15, 0.2) is 18.2 Å². The molecule has 40 heavy (non-hydrogen) atoms. The normalized spacial score (nSPS) is 22.0. The molecule has 1 amide bonds. The molecular weight excluding hydrogens is 627 g/mol. The SMILES string of the molecule is CCn1nc(C(=O)NC[C@@]2(O)CC[C@H](C)CC2NBr)c(Cl)c1-c1ccc(CC(C)(C)C(F)(F)F)cc1OC(F)F. The van der Waals surface area contributed by atoms with Gasteiger partial charge in [0.2, 0.25) is 0 Å². The summed E-state index contributed by atoms with van der Waals surface area (Å²) in [6.07, 6.45) is -3.08. The summed E-state index contributed by atoms with van der Waals surface area (Å²) < 4.78 is 75.9. The standard InChI is InChI=1S/C26H33BrClF5N4O3/c1-5-37-21(16-7-6-15(11-17(16)40-23(29)30)12-24(3,4)26(31,32)33)19(28)20(36-37)22(38)34-13-25(39)9-8-14(2)10-18(25)35-27/h6-7,11,14,18,23,35,39H,5,8-10,12-13H2,1-4H3,(H,34,38)/t14-,18?,25-/m0/s1. The van der Waals surface area contributed by atoms with Gasteiger partial charge in [0.05, 0.1) is 21.7 Å². The predicted molar refractivity (Wildman–Crippen MR) is 145 cm³/mol. The van der Waals surface area contributed by atoms with Gasteiger partial charge in [0.25, 0.3) is 5.91 Å². The zero-order valence-electron chi connectivity index (χ0n) is 22.5. The molecule has 7 nitrogen and oxygen atoms in total.